The molecule has 0 radical (unpaired) electrons. The Kier molecular flexibility index (Phi) is 6.54. The van der Waals surface area contributed by atoms with E-state index >= 15 is 0 Å². The van der Waals surface area contributed by atoms with Crippen LogP contribution in [0.3, 0.4) is 0 Å². The molecule has 1 N–H and O–H groups in total. The number of ether oxygens (including phenoxy) is 3. The van der Waals surface area contributed by atoms with E-state index in [0.29, 0.717) is 17.0 Å². The van der Waals surface area contributed by atoms with Gasteiger partial charge in [-0.05, 0) is 36.8 Å². The lowest BCUT2D eigenvalue weighted by Gasteiger charge is -2.15. The molecule has 0 aliphatic rings. The number of halogens is 1. The van der Waals surface area contributed by atoms with E-state index in [9.17, 15) is 14.0 Å². The predicted octanol–water partition coefficient (Wildman–Crippen LogP) is 2.96. The van der Waals surface area contributed by atoms with Crippen molar-refractivity contribution in [1.29, 1.82) is 0 Å². The topological polar surface area (TPSA) is 73.9 Å². The third-order valence-electron chi connectivity index (χ3n) is 3.61. The molecular weight excluding hydrogens is 341 g/mol. The summed E-state index contributed by atoms with van der Waals surface area (Å²) in [7, 11) is 2.84. The number of hydrogen-bond acceptors (Lipinski definition) is 5. The molecule has 0 aliphatic heterocycles. The van der Waals surface area contributed by atoms with E-state index in [-0.39, 0.29) is 12.2 Å². The molecule has 7 heteroatoms. The number of benzene rings is 2. The molecule has 1 atom stereocenters. The number of para-hydroxylation sites is 2. The van der Waals surface area contributed by atoms with Crippen molar-refractivity contribution in [2.24, 2.45) is 0 Å². The monoisotopic (exact) mass is 361 g/mol. The molecule has 0 fully saturated rings. The molecule has 0 saturated carbocycles. The van der Waals surface area contributed by atoms with Crippen molar-refractivity contribution >= 4 is 17.6 Å². The largest absolute Gasteiger partial charge is 0.495 e. The summed E-state index contributed by atoms with van der Waals surface area (Å²) in [5.41, 5.74) is 0.894. The van der Waals surface area contributed by atoms with Crippen molar-refractivity contribution in [2.75, 3.05) is 19.5 Å². The number of nitrogens with one attached hydrogen (secondary N) is 1. The molecule has 6 nitrogen and oxygen atoms in total. The zero-order valence-corrected chi connectivity index (χ0v) is 14.7. The average Bonchev–Trinajstić information content (AvgIpc) is 2.62. The van der Waals surface area contributed by atoms with Crippen molar-refractivity contribution < 1.29 is 28.2 Å². The van der Waals surface area contributed by atoms with Crippen LogP contribution in [0.4, 0.5) is 10.1 Å². The van der Waals surface area contributed by atoms with Gasteiger partial charge in [0.15, 0.2) is 17.7 Å². The third-order valence-corrected chi connectivity index (χ3v) is 3.61. The zero-order valence-electron chi connectivity index (χ0n) is 14.7. The van der Waals surface area contributed by atoms with Gasteiger partial charge >= 0.3 is 5.97 Å². The van der Waals surface area contributed by atoms with Gasteiger partial charge in [0.2, 0.25) is 0 Å². The predicted molar refractivity (Wildman–Crippen MR) is 93.8 cm³/mol. The van der Waals surface area contributed by atoms with Crippen molar-refractivity contribution in [1.82, 2.24) is 0 Å². The number of carbonyl (C=O) groups is 2. The van der Waals surface area contributed by atoms with Crippen LogP contribution in [0, 0.1) is 5.82 Å². The lowest BCUT2D eigenvalue weighted by atomic mass is 10.1. The Hall–Kier alpha value is -3.09. The quantitative estimate of drug-likeness (QED) is 0.768. The van der Waals surface area contributed by atoms with E-state index in [0.717, 1.165) is 0 Å². The van der Waals surface area contributed by atoms with E-state index in [2.05, 4.69) is 5.32 Å². The summed E-state index contributed by atoms with van der Waals surface area (Å²) < 4.78 is 28.7. The maximum absolute atomic E-state index is 13.7. The summed E-state index contributed by atoms with van der Waals surface area (Å²) >= 11 is 0. The molecule has 0 spiro atoms. The highest BCUT2D eigenvalue weighted by atomic mass is 19.1. The van der Waals surface area contributed by atoms with Gasteiger partial charge in [-0.15, -0.1) is 0 Å². The van der Waals surface area contributed by atoms with Crippen molar-refractivity contribution in [2.45, 2.75) is 19.4 Å². The molecule has 2 rings (SSSR count). The molecule has 1 amide bonds. The van der Waals surface area contributed by atoms with Crippen LogP contribution in [0.2, 0.25) is 0 Å². The van der Waals surface area contributed by atoms with Crippen molar-refractivity contribution in [3.63, 3.8) is 0 Å². The minimum atomic E-state index is -1.02. The minimum Gasteiger partial charge on any atom is -0.495 e. The molecule has 0 heterocycles. The van der Waals surface area contributed by atoms with Crippen LogP contribution in [0.25, 0.3) is 0 Å². The fraction of sp³-hybridized carbons (Fsp3) is 0.263. The molecule has 0 aliphatic carbocycles. The maximum atomic E-state index is 13.7. The first-order valence-corrected chi connectivity index (χ1v) is 7.90. The first kappa shape index (κ1) is 19.2. The number of methoxy groups -OCH3 is 2. The highest BCUT2D eigenvalue weighted by Gasteiger charge is 2.19. The molecule has 138 valence electrons. The highest BCUT2D eigenvalue weighted by Crippen LogP contribution is 2.23. The Morgan fingerprint density at radius 1 is 1.08 bits per heavy atom. The summed E-state index contributed by atoms with van der Waals surface area (Å²) in [4.78, 5) is 24.2. The second-order valence-electron chi connectivity index (χ2n) is 5.47. The van der Waals surface area contributed by atoms with Gasteiger partial charge in [-0.25, -0.2) is 4.39 Å². The Morgan fingerprint density at radius 2 is 1.77 bits per heavy atom. The first-order valence-electron chi connectivity index (χ1n) is 7.90. The van der Waals surface area contributed by atoms with Crippen LogP contribution in [0.5, 0.6) is 11.5 Å². The lowest BCUT2D eigenvalue weighted by Crippen LogP contribution is -2.30. The third kappa shape index (κ3) is 4.95. The number of hydrogen-bond donors (Lipinski definition) is 1. The van der Waals surface area contributed by atoms with Gasteiger partial charge in [-0.3, -0.25) is 9.59 Å². The Bertz CT molecular complexity index is 793. The van der Waals surface area contributed by atoms with Gasteiger partial charge in [-0.2, -0.15) is 0 Å². The Morgan fingerprint density at radius 3 is 2.42 bits per heavy atom. The number of anilines is 1. The van der Waals surface area contributed by atoms with E-state index in [4.69, 9.17) is 14.2 Å². The summed E-state index contributed by atoms with van der Waals surface area (Å²) in [6, 6.07) is 11.1. The second kappa shape index (κ2) is 8.84. The van der Waals surface area contributed by atoms with Crippen LogP contribution >= 0.6 is 0 Å². The SMILES string of the molecule is COc1ccc(CC(=O)O[C@H](C)C(=O)Nc2ccccc2OC)cc1F. The lowest BCUT2D eigenvalue weighted by molar-refractivity contribution is -0.152. The minimum absolute atomic E-state index is 0.0895. The highest BCUT2D eigenvalue weighted by molar-refractivity contribution is 5.96. The number of amides is 1. The number of carbonyl (C=O) groups excluding carboxylic acids is 2. The Balaban J connectivity index is 1.93. The van der Waals surface area contributed by atoms with Crippen LogP contribution < -0.4 is 14.8 Å². The average molecular weight is 361 g/mol. The van der Waals surface area contributed by atoms with Gasteiger partial charge < -0.3 is 19.5 Å². The van der Waals surface area contributed by atoms with Gasteiger partial charge in [0.1, 0.15) is 5.75 Å². The van der Waals surface area contributed by atoms with Crippen LogP contribution in [-0.4, -0.2) is 32.2 Å². The molecule has 2 aromatic carbocycles. The Labute approximate surface area is 150 Å². The molecule has 2 aromatic rings. The number of esters is 1. The molecule has 0 bridgehead atoms. The van der Waals surface area contributed by atoms with Crippen LogP contribution in [0.15, 0.2) is 42.5 Å². The van der Waals surface area contributed by atoms with Gasteiger partial charge in [0.25, 0.3) is 5.91 Å². The van der Waals surface area contributed by atoms with Crippen LogP contribution in [-0.2, 0) is 20.7 Å². The second-order valence-corrected chi connectivity index (χ2v) is 5.47. The fourth-order valence-corrected chi connectivity index (χ4v) is 2.26. The summed E-state index contributed by atoms with van der Waals surface area (Å²) in [6.45, 7) is 1.46. The zero-order chi connectivity index (χ0) is 19.1. The van der Waals surface area contributed by atoms with Crippen molar-refractivity contribution in [3.8, 4) is 11.5 Å². The smallest absolute Gasteiger partial charge is 0.311 e. The standard InChI is InChI=1S/C19H20FNO5/c1-12(19(23)21-15-6-4-5-7-17(15)25-3)26-18(22)11-13-8-9-16(24-2)14(20)10-13/h4-10,12H,11H2,1-3H3,(H,21,23)/t12-/m1/s1. The van der Waals surface area contributed by atoms with Crippen LogP contribution in [0.1, 0.15) is 12.5 Å². The maximum Gasteiger partial charge on any atom is 0.311 e. The first-order chi connectivity index (χ1) is 12.4. The van der Waals surface area contributed by atoms with Gasteiger partial charge in [0, 0.05) is 0 Å². The summed E-state index contributed by atoms with van der Waals surface area (Å²) in [5, 5.41) is 2.64. The molecule has 26 heavy (non-hydrogen) atoms. The molecule has 0 saturated heterocycles. The van der Waals surface area contributed by atoms with Crippen molar-refractivity contribution in [3.05, 3.63) is 53.8 Å². The van der Waals surface area contributed by atoms with Gasteiger partial charge in [-0.1, -0.05) is 18.2 Å². The molecule has 0 unspecified atom stereocenters. The van der Waals surface area contributed by atoms with E-state index in [1.54, 1.807) is 30.3 Å². The normalized spacial score (nSPS) is 11.4. The molecule has 0 aromatic heterocycles. The number of rotatable bonds is 7. The molecular formula is C19H20FNO5. The van der Waals surface area contributed by atoms with E-state index in [1.807, 2.05) is 0 Å². The van der Waals surface area contributed by atoms with Gasteiger partial charge in [0.05, 0.1) is 26.3 Å². The fourth-order valence-electron chi connectivity index (χ4n) is 2.26. The summed E-state index contributed by atoms with van der Waals surface area (Å²) in [6.07, 6.45) is -1.18. The summed E-state index contributed by atoms with van der Waals surface area (Å²) in [5.74, 6) is -1.12. The van der Waals surface area contributed by atoms with E-state index in [1.165, 1.54) is 33.3 Å². The van der Waals surface area contributed by atoms with E-state index < -0.39 is 23.8 Å².